The maximum Gasteiger partial charge on any atom is 0.203 e. The van der Waals surface area contributed by atoms with Crippen molar-refractivity contribution in [3.05, 3.63) is 56.8 Å². The molecule has 0 aliphatic heterocycles. The summed E-state index contributed by atoms with van der Waals surface area (Å²) in [5.41, 5.74) is 4.03. The molecule has 1 aromatic carbocycles. The van der Waals surface area contributed by atoms with Crippen LogP contribution < -0.4 is 0 Å². The van der Waals surface area contributed by atoms with Crippen molar-refractivity contribution in [1.29, 1.82) is 0 Å². The van der Waals surface area contributed by atoms with Crippen molar-refractivity contribution in [2.45, 2.75) is 20.8 Å². The van der Waals surface area contributed by atoms with Crippen LogP contribution in [0.15, 0.2) is 29.6 Å². The minimum absolute atomic E-state index is 0.156. The fourth-order valence-electron chi connectivity index (χ4n) is 1.89. The summed E-state index contributed by atoms with van der Waals surface area (Å²) in [5, 5.41) is 1.97. The molecule has 0 radical (unpaired) electrons. The number of hydrogen-bond donors (Lipinski definition) is 0. The summed E-state index contributed by atoms with van der Waals surface area (Å²) in [4.78, 5) is 13.2. The maximum atomic E-state index is 12.4. The highest BCUT2D eigenvalue weighted by Crippen LogP contribution is 2.23. The Morgan fingerprint density at radius 1 is 1.00 bits per heavy atom. The molecule has 2 aromatic rings. The Hall–Kier alpha value is -1.41. The number of rotatable bonds is 2. The highest BCUT2D eigenvalue weighted by molar-refractivity contribution is 7.12. The Morgan fingerprint density at radius 3 is 2.12 bits per heavy atom. The van der Waals surface area contributed by atoms with E-state index in [2.05, 4.69) is 0 Å². The number of ketones is 1. The van der Waals surface area contributed by atoms with Crippen molar-refractivity contribution < 1.29 is 4.79 Å². The molecule has 82 valence electrons. The second-order valence-electron chi connectivity index (χ2n) is 4.03. The average molecular weight is 230 g/mol. The summed E-state index contributed by atoms with van der Waals surface area (Å²) >= 11 is 1.52. The van der Waals surface area contributed by atoms with Gasteiger partial charge in [-0.25, -0.2) is 0 Å². The predicted octanol–water partition coefficient (Wildman–Crippen LogP) is 3.90. The lowest BCUT2D eigenvalue weighted by molar-refractivity contribution is 0.104. The van der Waals surface area contributed by atoms with E-state index in [0.29, 0.717) is 0 Å². The minimum atomic E-state index is 0.156. The fraction of sp³-hybridized carbons (Fsp3) is 0.214. The standard InChI is InChI=1S/C14H14OS/c1-9-5-4-6-10(2)12(9)13(15)14-11(3)7-8-16-14/h4-8H,1-3H3. The second-order valence-corrected chi connectivity index (χ2v) is 4.94. The monoisotopic (exact) mass is 230 g/mol. The van der Waals surface area contributed by atoms with Gasteiger partial charge in [-0.1, -0.05) is 18.2 Å². The van der Waals surface area contributed by atoms with Gasteiger partial charge >= 0.3 is 0 Å². The van der Waals surface area contributed by atoms with Gasteiger partial charge in [0, 0.05) is 5.56 Å². The molecular formula is C14H14OS. The summed E-state index contributed by atoms with van der Waals surface area (Å²) in [7, 11) is 0. The largest absolute Gasteiger partial charge is 0.288 e. The molecule has 0 unspecified atom stereocenters. The smallest absolute Gasteiger partial charge is 0.203 e. The van der Waals surface area contributed by atoms with E-state index in [1.807, 2.05) is 50.4 Å². The zero-order chi connectivity index (χ0) is 11.7. The van der Waals surface area contributed by atoms with Gasteiger partial charge in [0.1, 0.15) is 0 Å². The van der Waals surface area contributed by atoms with Gasteiger partial charge in [0.25, 0.3) is 0 Å². The van der Waals surface area contributed by atoms with Crippen LogP contribution in [0.25, 0.3) is 0 Å². The maximum absolute atomic E-state index is 12.4. The van der Waals surface area contributed by atoms with Crippen LogP contribution in [0.5, 0.6) is 0 Å². The van der Waals surface area contributed by atoms with Crippen LogP contribution >= 0.6 is 11.3 Å². The Balaban J connectivity index is 2.54. The number of benzene rings is 1. The van der Waals surface area contributed by atoms with Crippen LogP contribution in [-0.2, 0) is 0 Å². The van der Waals surface area contributed by atoms with Gasteiger partial charge in [-0.05, 0) is 48.9 Å². The topological polar surface area (TPSA) is 17.1 Å². The summed E-state index contributed by atoms with van der Waals surface area (Å²) in [6.07, 6.45) is 0. The zero-order valence-corrected chi connectivity index (χ0v) is 10.5. The molecule has 0 aliphatic carbocycles. The molecule has 16 heavy (non-hydrogen) atoms. The number of aryl methyl sites for hydroxylation is 3. The predicted molar refractivity (Wildman–Crippen MR) is 68.4 cm³/mol. The number of thiophene rings is 1. The molecule has 0 spiro atoms. The lowest BCUT2D eigenvalue weighted by Gasteiger charge is -2.07. The van der Waals surface area contributed by atoms with E-state index >= 15 is 0 Å². The van der Waals surface area contributed by atoms with E-state index in [1.165, 1.54) is 11.3 Å². The van der Waals surface area contributed by atoms with Crippen LogP contribution in [0.3, 0.4) is 0 Å². The average Bonchev–Trinajstić information content (AvgIpc) is 2.64. The molecule has 0 saturated carbocycles. The molecule has 1 heterocycles. The highest BCUT2D eigenvalue weighted by Gasteiger charge is 2.16. The van der Waals surface area contributed by atoms with Crippen LogP contribution in [0.4, 0.5) is 0 Å². The first-order valence-corrected chi connectivity index (χ1v) is 6.14. The quantitative estimate of drug-likeness (QED) is 0.715. The third kappa shape index (κ3) is 1.81. The first-order chi connectivity index (χ1) is 7.61. The third-order valence-corrected chi connectivity index (χ3v) is 3.79. The molecule has 2 heteroatoms. The summed E-state index contributed by atoms with van der Waals surface area (Å²) in [6, 6.07) is 7.96. The van der Waals surface area contributed by atoms with Crippen LogP contribution in [0.1, 0.15) is 31.9 Å². The van der Waals surface area contributed by atoms with E-state index in [1.54, 1.807) is 0 Å². The number of carbonyl (C=O) groups excluding carboxylic acids is 1. The van der Waals surface area contributed by atoms with Crippen molar-refractivity contribution in [2.75, 3.05) is 0 Å². The molecule has 0 N–H and O–H groups in total. The van der Waals surface area contributed by atoms with Crippen molar-refractivity contribution in [2.24, 2.45) is 0 Å². The lowest BCUT2D eigenvalue weighted by atomic mass is 9.97. The van der Waals surface area contributed by atoms with Gasteiger partial charge in [-0.3, -0.25) is 4.79 Å². The molecule has 1 nitrogen and oxygen atoms in total. The number of hydrogen-bond acceptors (Lipinski definition) is 2. The molecule has 0 bridgehead atoms. The van der Waals surface area contributed by atoms with Crippen molar-refractivity contribution in [3.63, 3.8) is 0 Å². The lowest BCUT2D eigenvalue weighted by Crippen LogP contribution is -2.05. The van der Waals surface area contributed by atoms with Gasteiger partial charge in [0.2, 0.25) is 5.78 Å². The van der Waals surface area contributed by atoms with Gasteiger partial charge in [0.05, 0.1) is 4.88 Å². The Morgan fingerprint density at radius 2 is 1.62 bits per heavy atom. The SMILES string of the molecule is Cc1ccsc1C(=O)c1c(C)cccc1C. The molecule has 0 aliphatic rings. The molecule has 1 aromatic heterocycles. The van der Waals surface area contributed by atoms with Gasteiger partial charge in [0.15, 0.2) is 0 Å². The van der Waals surface area contributed by atoms with Crippen LogP contribution in [0.2, 0.25) is 0 Å². The van der Waals surface area contributed by atoms with Crippen molar-refractivity contribution in [3.8, 4) is 0 Å². The molecule has 0 atom stereocenters. The van der Waals surface area contributed by atoms with E-state index in [0.717, 1.165) is 27.1 Å². The normalized spacial score (nSPS) is 10.4. The summed E-state index contributed by atoms with van der Waals surface area (Å²) in [5.74, 6) is 0.156. The first kappa shape index (κ1) is 11.1. The summed E-state index contributed by atoms with van der Waals surface area (Å²) in [6.45, 7) is 5.96. The van der Waals surface area contributed by atoms with E-state index in [-0.39, 0.29) is 5.78 Å². The Bertz CT molecular complexity index is 517. The summed E-state index contributed by atoms with van der Waals surface area (Å²) < 4.78 is 0. The molecular weight excluding hydrogens is 216 g/mol. The molecule has 0 fully saturated rings. The van der Waals surface area contributed by atoms with E-state index in [9.17, 15) is 4.79 Å². The highest BCUT2D eigenvalue weighted by atomic mass is 32.1. The Kier molecular flexibility index (Phi) is 2.92. The molecule has 2 rings (SSSR count). The van der Waals surface area contributed by atoms with E-state index in [4.69, 9.17) is 0 Å². The zero-order valence-electron chi connectivity index (χ0n) is 9.70. The molecule has 0 saturated heterocycles. The van der Waals surface area contributed by atoms with Crippen molar-refractivity contribution >= 4 is 17.1 Å². The van der Waals surface area contributed by atoms with Crippen molar-refractivity contribution in [1.82, 2.24) is 0 Å². The van der Waals surface area contributed by atoms with E-state index < -0.39 is 0 Å². The third-order valence-electron chi connectivity index (χ3n) is 2.78. The second kappa shape index (κ2) is 4.22. The van der Waals surface area contributed by atoms with Gasteiger partial charge in [-0.2, -0.15) is 0 Å². The number of carbonyl (C=O) groups is 1. The first-order valence-electron chi connectivity index (χ1n) is 5.26. The van der Waals surface area contributed by atoms with Gasteiger partial charge in [-0.15, -0.1) is 11.3 Å². The Labute approximate surface area is 99.8 Å². The van der Waals surface area contributed by atoms with Crippen LogP contribution in [-0.4, -0.2) is 5.78 Å². The minimum Gasteiger partial charge on any atom is -0.288 e. The fourth-order valence-corrected chi connectivity index (χ4v) is 2.76. The molecule has 0 amide bonds. The van der Waals surface area contributed by atoms with Crippen LogP contribution in [0, 0.1) is 20.8 Å². The van der Waals surface area contributed by atoms with Gasteiger partial charge < -0.3 is 0 Å².